The maximum absolute atomic E-state index is 12.3. The Bertz CT molecular complexity index is 511. The zero-order valence-electron chi connectivity index (χ0n) is 12.5. The van der Waals surface area contributed by atoms with Crippen LogP contribution in [0.3, 0.4) is 0 Å². The second-order valence-corrected chi connectivity index (χ2v) is 5.08. The van der Waals surface area contributed by atoms with Crippen molar-refractivity contribution in [1.82, 2.24) is 5.32 Å². The SMILES string of the molecule is COc1ccc(C(=O)NCC2CC(O)C2)c(OC)c1OC. The first kappa shape index (κ1) is 15.4. The summed E-state index contributed by atoms with van der Waals surface area (Å²) >= 11 is 0. The predicted octanol–water partition coefficient (Wildman–Crippen LogP) is 1.21. The molecule has 0 radical (unpaired) electrons. The second kappa shape index (κ2) is 6.67. The number of amides is 1. The number of hydrogen-bond donors (Lipinski definition) is 2. The van der Waals surface area contributed by atoms with Gasteiger partial charge in [0, 0.05) is 6.54 Å². The van der Waals surface area contributed by atoms with E-state index in [-0.39, 0.29) is 12.0 Å². The van der Waals surface area contributed by atoms with Crippen molar-refractivity contribution in [3.05, 3.63) is 17.7 Å². The fourth-order valence-corrected chi connectivity index (χ4v) is 2.48. The molecule has 21 heavy (non-hydrogen) atoms. The molecule has 6 heteroatoms. The van der Waals surface area contributed by atoms with Gasteiger partial charge in [-0.2, -0.15) is 0 Å². The standard InChI is InChI=1S/C15H21NO5/c1-19-12-5-4-11(13(20-2)14(12)21-3)15(18)16-8-9-6-10(17)7-9/h4-5,9-10,17H,6-8H2,1-3H3,(H,16,18). The number of nitrogens with one attached hydrogen (secondary N) is 1. The van der Waals surface area contributed by atoms with Crippen LogP contribution in [-0.4, -0.2) is 45.0 Å². The average molecular weight is 295 g/mol. The first-order chi connectivity index (χ1) is 10.1. The van der Waals surface area contributed by atoms with Gasteiger partial charge in [-0.25, -0.2) is 0 Å². The van der Waals surface area contributed by atoms with Crippen LogP contribution >= 0.6 is 0 Å². The molecule has 0 atom stereocenters. The minimum Gasteiger partial charge on any atom is -0.493 e. The summed E-state index contributed by atoms with van der Waals surface area (Å²) in [6.45, 7) is 0.549. The van der Waals surface area contributed by atoms with Crippen LogP contribution in [0.25, 0.3) is 0 Å². The van der Waals surface area contributed by atoms with Crippen molar-refractivity contribution in [2.24, 2.45) is 5.92 Å². The Hall–Kier alpha value is -1.95. The third-order valence-corrected chi connectivity index (χ3v) is 3.71. The minimum absolute atomic E-state index is 0.220. The molecule has 0 saturated heterocycles. The molecule has 1 amide bonds. The number of methoxy groups -OCH3 is 3. The number of ether oxygens (including phenoxy) is 3. The van der Waals surface area contributed by atoms with Gasteiger partial charge >= 0.3 is 0 Å². The Morgan fingerprint density at radius 2 is 1.86 bits per heavy atom. The molecule has 1 aliphatic rings. The lowest BCUT2D eigenvalue weighted by Crippen LogP contribution is -2.38. The van der Waals surface area contributed by atoms with E-state index in [4.69, 9.17) is 14.2 Å². The highest BCUT2D eigenvalue weighted by Crippen LogP contribution is 2.39. The fraction of sp³-hybridized carbons (Fsp3) is 0.533. The lowest BCUT2D eigenvalue weighted by Gasteiger charge is -2.31. The number of carbonyl (C=O) groups excluding carboxylic acids is 1. The zero-order chi connectivity index (χ0) is 15.4. The molecule has 0 unspecified atom stereocenters. The van der Waals surface area contributed by atoms with Crippen molar-refractivity contribution in [1.29, 1.82) is 0 Å². The second-order valence-electron chi connectivity index (χ2n) is 5.08. The largest absolute Gasteiger partial charge is 0.493 e. The van der Waals surface area contributed by atoms with Gasteiger partial charge in [0.1, 0.15) is 0 Å². The number of aliphatic hydroxyl groups excluding tert-OH is 1. The Morgan fingerprint density at radius 3 is 2.38 bits per heavy atom. The van der Waals surface area contributed by atoms with Gasteiger partial charge in [-0.1, -0.05) is 0 Å². The van der Waals surface area contributed by atoms with Crippen LogP contribution in [-0.2, 0) is 0 Å². The normalized spacial score (nSPS) is 20.4. The highest BCUT2D eigenvalue weighted by atomic mass is 16.5. The third-order valence-electron chi connectivity index (χ3n) is 3.71. The molecule has 116 valence electrons. The van der Waals surface area contributed by atoms with E-state index >= 15 is 0 Å². The molecule has 2 rings (SSSR count). The molecule has 1 aromatic rings. The van der Waals surface area contributed by atoms with Crippen molar-refractivity contribution < 1.29 is 24.1 Å². The number of rotatable bonds is 6. The van der Waals surface area contributed by atoms with Gasteiger partial charge < -0.3 is 24.6 Å². The topological polar surface area (TPSA) is 77.0 Å². The van der Waals surface area contributed by atoms with Gasteiger partial charge in [-0.15, -0.1) is 0 Å². The van der Waals surface area contributed by atoms with Gasteiger partial charge in [0.05, 0.1) is 33.0 Å². The molecular weight excluding hydrogens is 274 g/mol. The van der Waals surface area contributed by atoms with Crippen molar-refractivity contribution in [3.63, 3.8) is 0 Å². The quantitative estimate of drug-likeness (QED) is 0.825. The highest BCUT2D eigenvalue weighted by molar-refractivity contribution is 5.98. The van der Waals surface area contributed by atoms with E-state index in [9.17, 15) is 9.90 Å². The molecule has 1 fully saturated rings. The molecule has 2 N–H and O–H groups in total. The number of aliphatic hydroxyl groups is 1. The summed E-state index contributed by atoms with van der Waals surface area (Å²) < 4.78 is 15.7. The van der Waals surface area contributed by atoms with Gasteiger partial charge in [-0.3, -0.25) is 4.79 Å². The smallest absolute Gasteiger partial charge is 0.255 e. The van der Waals surface area contributed by atoms with Crippen LogP contribution in [0.4, 0.5) is 0 Å². The van der Waals surface area contributed by atoms with Gasteiger partial charge in [-0.05, 0) is 30.9 Å². The predicted molar refractivity (Wildman–Crippen MR) is 77.2 cm³/mol. The van der Waals surface area contributed by atoms with E-state index in [0.29, 0.717) is 35.3 Å². The van der Waals surface area contributed by atoms with E-state index < -0.39 is 0 Å². The summed E-state index contributed by atoms with van der Waals surface area (Å²) in [5.41, 5.74) is 0.398. The van der Waals surface area contributed by atoms with Crippen LogP contribution in [0, 0.1) is 5.92 Å². The summed E-state index contributed by atoms with van der Waals surface area (Å²) in [5.74, 6) is 1.37. The summed E-state index contributed by atoms with van der Waals surface area (Å²) in [6.07, 6.45) is 1.26. The Labute approximate surface area is 124 Å². The van der Waals surface area contributed by atoms with E-state index in [1.807, 2.05) is 0 Å². The molecular formula is C15H21NO5. The number of carbonyl (C=O) groups is 1. The van der Waals surface area contributed by atoms with Crippen LogP contribution < -0.4 is 19.5 Å². The van der Waals surface area contributed by atoms with Crippen LogP contribution in [0.15, 0.2) is 12.1 Å². The molecule has 1 aromatic carbocycles. The molecule has 0 aromatic heterocycles. The molecule has 0 aliphatic heterocycles. The molecule has 0 heterocycles. The summed E-state index contributed by atoms with van der Waals surface area (Å²) in [6, 6.07) is 3.31. The van der Waals surface area contributed by atoms with E-state index in [1.165, 1.54) is 21.3 Å². The van der Waals surface area contributed by atoms with E-state index in [1.54, 1.807) is 12.1 Å². The van der Waals surface area contributed by atoms with Crippen molar-refractivity contribution in [2.75, 3.05) is 27.9 Å². The Morgan fingerprint density at radius 1 is 1.19 bits per heavy atom. The molecule has 1 aliphatic carbocycles. The average Bonchev–Trinajstić information content (AvgIpc) is 2.48. The first-order valence-electron chi connectivity index (χ1n) is 6.85. The van der Waals surface area contributed by atoms with Crippen molar-refractivity contribution in [3.8, 4) is 17.2 Å². The van der Waals surface area contributed by atoms with Crippen molar-refractivity contribution >= 4 is 5.91 Å². The lowest BCUT2D eigenvalue weighted by atomic mass is 9.82. The molecule has 6 nitrogen and oxygen atoms in total. The summed E-state index contributed by atoms with van der Waals surface area (Å²) in [5, 5.41) is 12.1. The maximum Gasteiger partial charge on any atom is 0.255 e. The minimum atomic E-state index is -0.228. The molecule has 0 spiro atoms. The maximum atomic E-state index is 12.3. The fourth-order valence-electron chi connectivity index (χ4n) is 2.48. The van der Waals surface area contributed by atoms with E-state index in [0.717, 1.165) is 12.8 Å². The van der Waals surface area contributed by atoms with E-state index in [2.05, 4.69) is 5.32 Å². The third kappa shape index (κ3) is 3.21. The Kier molecular flexibility index (Phi) is 4.90. The molecule has 0 bridgehead atoms. The van der Waals surface area contributed by atoms with Crippen LogP contribution in [0.2, 0.25) is 0 Å². The van der Waals surface area contributed by atoms with Gasteiger partial charge in [0.25, 0.3) is 5.91 Å². The van der Waals surface area contributed by atoms with Crippen LogP contribution in [0.5, 0.6) is 17.2 Å². The zero-order valence-corrected chi connectivity index (χ0v) is 12.5. The van der Waals surface area contributed by atoms with Crippen molar-refractivity contribution in [2.45, 2.75) is 18.9 Å². The summed E-state index contributed by atoms with van der Waals surface area (Å²) in [7, 11) is 4.51. The van der Waals surface area contributed by atoms with Gasteiger partial charge in [0.15, 0.2) is 11.5 Å². The molecule has 1 saturated carbocycles. The first-order valence-corrected chi connectivity index (χ1v) is 6.85. The Balaban J connectivity index is 2.12. The summed E-state index contributed by atoms with van der Waals surface area (Å²) in [4.78, 5) is 12.3. The van der Waals surface area contributed by atoms with Crippen LogP contribution in [0.1, 0.15) is 23.2 Å². The number of hydrogen-bond acceptors (Lipinski definition) is 5. The highest BCUT2D eigenvalue weighted by Gasteiger charge is 2.28. The number of benzene rings is 1. The van der Waals surface area contributed by atoms with Gasteiger partial charge in [0.2, 0.25) is 5.75 Å². The lowest BCUT2D eigenvalue weighted by molar-refractivity contribution is 0.0420. The monoisotopic (exact) mass is 295 g/mol.